The van der Waals surface area contributed by atoms with Gasteiger partial charge in [0.25, 0.3) is 0 Å². The number of ketones is 2. The largest absolute Gasteiger partial charge is 0.300 e. The molecule has 16 heavy (non-hydrogen) atoms. The Morgan fingerprint density at radius 2 is 1.62 bits per heavy atom. The molecule has 1 saturated heterocycles. The second-order valence-corrected chi connectivity index (χ2v) is 3.93. The summed E-state index contributed by atoms with van der Waals surface area (Å²) in [6.07, 6.45) is 1.10. The van der Waals surface area contributed by atoms with Crippen LogP contribution in [-0.2, 0) is 19.2 Å². The zero-order valence-corrected chi connectivity index (χ0v) is 9.32. The average Bonchev–Trinajstić information content (AvgIpc) is 2.53. The van der Waals surface area contributed by atoms with Crippen LogP contribution in [0.15, 0.2) is 0 Å². The predicted molar refractivity (Wildman–Crippen MR) is 55.5 cm³/mol. The molecule has 0 aromatic carbocycles. The minimum Gasteiger partial charge on any atom is -0.300 e. The monoisotopic (exact) mass is 225 g/mol. The number of likely N-dealkylation sites (tertiary alicyclic amines) is 1. The van der Waals surface area contributed by atoms with Gasteiger partial charge in [-0.15, -0.1) is 0 Å². The molecule has 5 nitrogen and oxygen atoms in total. The molecule has 0 aliphatic carbocycles. The van der Waals surface area contributed by atoms with E-state index < -0.39 is 0 Å². The molecule has 0 N–H and O–H groups in total. The van der Waals surface area contributed by atoms with Crippen molar-refractivity contribution in [1.82, 2.24) is 4.90 Å². The number of carbonyl (C=O) groups is 4. The van der Waals surface area contributed by atoms with Gasteiger partial charge in [0.05, 0.1) is 0 Å². The van der Waals surface area contributed by atoms with Gasteiger partial charge >= 0.3 is 0 Å². The molecule has 0 bridgehead atoms. The molecule has 0 saturated carbocycles. The molecule has 0 unspecified atom stereocenters. The summed E-state index contributed by atoms with van der Waals surface area (Å²) in [6.45, 7) is 1.59. The fourth-order valence-corrected chi connectivity index (χ4v) is 1.55. The lowest BCUT2D eigenvalue weighted by atomic mass is 10.1. The van der Waals surface area contributed by atoms with Crippen LogP contribution in [0.1, 0.15) is 39.0 Å². The van der Waals surface area contributed by atoms with Crippen LogP contribution in [-0.4, -0.2) is 34.8 Å². The number of imide groups is 1. The van der Waals surface area contributed by atoms with E-state index in [1.165, 1.54) is 6.92 Å². The van der Waals surface area contributed by atoms with Gasteiger partial charge in [-0.3, -0.25) is 19.3 Å². The first-order valence-electron chi connectivity index (χ1n) is 5.35. The van der Waals surface area contributed by atoms with Crippen molar-refractivity contribution in [1.29, 1.82) is 0 Å². The van der Waals surface area contributed by atoms with Crippen molar-refractivity contribution in [3.8, 4) is 0 Å². The number of carbonyl (C=O) groups excluding carboxylic acids is 4. The van der Waals surface area contributed by atoms with Crippen LogP contribution in [0.4, 0.5) is 0 Å². The summed E-state index contributed by atoms with van der Waals surface area (Å²) >= 11 is 0. The van der Waals surface area contributed by atoms with Gasteiger partial charge in [0.2, 0.25) is 11.8 Å². The van der Waals surface area contributed by atoms with Gasteiger partial charge in [-0.1, -0.05) is 0 Å². The van der Waals surface area contributed by atoms with Crippen LogP contribution in [0.25, 0.3) is 0 Å². The second-order valence-electron chi connectivity index (χ2n) is 3.93. The summed E-state index contributed by atoms with van der Waals surface area (Å²) in [5.41, 5.74) is 0. The Bertz CT molecular complexity index is 319. The molecular weight excluding hydrogens is 210 g/mol. The summed E-state index contributed by atoms with van der Waals surface area (Å²) in [5, 5.41) is 0. The Hall–Kier alpha value is -1.52. The summed E-state index contributed by atoms with van der Waals surface area (Å²) in [4.78, 5) is 45.5. The molecule has 1 aliphatic heterocycles. The molecule has 88 valence electrons. The van der Waals surface area contributed by atoms with Crippen LogP contribution in [0, 0.1) is 0 Å². The van der Waals surface area contributed by atoms with Gasteiger partial charge in [0.15, 0.2) is 0 Å². The van der Waals surface area contributed by atoms with Crippen molar-refractivity contribution in [2.24, 2.45) is 0 Å². The van der Waals surface area contributed by atoms with Gasteiger partial charge in [0.1, 0.15) is 11.6 Å². The molecule has 0 aromatic rings. The van der Waals surface area contributed by atoms with E-state index in [0.717, 1.165) is 4.90 Å². The lowest BCUT2D eigenvalue weighted by Gasteiger charge is -2.12. The number of hydrogen-bond acceptors (Lipinski definition) is 4. The minimum absolute atomic E-state index is 0.0262. The highest BCUT2D eigenvalue weighted by Crippen LogP contribution is 2.12. The molecule has 0 spiro atoms. The predicted octanol–water partition coefficient (Wildman–Crippen LogP) is 0.464. The molecule has 1 rings (SSSR count). The van der Waals surface area contributed by atoms with Crippen LogP contribution < -0.4 is 0 Å². The molecular formula is C11H15NO4. The number of rotatable bonds is 6. The third-order valence-corrected chi connectivity index (χ3v) is 2.52. The quantitative estimate of drug-likeness (QED) is 0.616. The zero-order chi connectivity index (χ0) is 12.1. The van der Waals surface area contributed by atoms with E-state index in [1.807, 2.05) is 0 Å². The Morgan fingerprint density at radius 3 is 2.12 bits per heavy atom. The topological polar surface area (TPSA) is 71.5 Å². The van der Waals surface area contributed by atoms with E-state index in [4.69, 9.17) is 0 Å². The van der Waals surface area contributed by atoms with E-state index in [9.17, 15) is 19.2 Å². The maximum absolute atomic E-state index is 11.3. The van der Waals surface area contributed by atoms with Crippen LogP contribution in [0.5, 0.6) is 0 Å². The maximum Gasteiger partial charge on any atom is 0.229 e. The Balaban J connectivity index is 2.28. The summed E-state index contributed by atoms with van der Waals surface area (Å²) in [7, 11) is 0. The second kappa shape index (κ2) is 5.53. The van der Waals surface area contributed by atoms with E-state index >= 15 is 0 Å². The lowest BCUT2D eigenvalue weighted by Crippen LogP contribution is -2.31. The first-order chi connectivity index (χ1) is 7.50. The first-order valence-corrected chi connectivity index (χ1v) is 5.35. The van der Waals surface area contributed by atoms with Gasteiger partial charge in [-0.2, -0.15) is 0 Å². The highest BCUT2D eigenvalue weighted by Gasteiger charge is 2.28. The smallest absolute Gasteiger partial charge is 0.229 e. The lowest BCUT2D eigenvalue weighted by molar-refractivity contribution is -0.138. The molecule has 5 heteroatoms. The Labute approximate surface area is 93.8 Å². The molecule has 0 radical (unpaired) electrons. The van der Waals surface area contributed by atoms with Crippen molar-refractivity contribution in [3.05, 3.63) is 0 Å². The van der Waals surface area contributed by atoms with E-state index in [0.29, 0.717) is 0 Å². The number of amides is 2. The van der Waals surface area contributed by atoms with E-state index in [-0.39, 0.29) is 62.0 Å². The van der Waals surface area contributed by atoms with Gasteiger partial charge in [-0.25, -0.2) is 0 Å². The SMILES string of the molecule is CC(=O)CCC(=O)CCN1C(=O)CCC1=O. The fraction of sp³-hybridized carbons (Fsp3) is 0.636. The van der Waals surface area contributed by atoms with Crippen molar-refractivity contribution in [2.45, 2.75) is 39.0 Å². The van der Waals surface area contributed by atoms with Gasteiger partial charge < -0.3 is 4.79 Å². The van der Waals surface area contributed by atoms with Crippen molar-refractivity contribution in [3.63, 3.8) is 0 Å². The highest BCUT2D eigenvalue weighted by molar-refractivity contribution is 6.02. The third-order valence-electron chi connectivity index (χ3n) is 2.52. The summed E-state index contributed by atoms with van der Waals surface area (Å²) < 4.78 is 0. The summed E-state index contributed by atoms with van der Waals surface area (Å²) in [5.74, 6) is -0.516. The van der Waals surface area contributed by atoms with Crippen LogP contribution in [0.2, 0.25) is 0 Å². The van der Waals surface area contributed by atoms with Crippen LogP contribution in [0.3, 0.4) is 0 Å². The number of Topliss-reactive ketones (excluding diaryl/α,β-unsaturated/α-hetero) is 2. The number of hydrogen-bond donors (Lipinski definition) is 0. The Kier molecular flexibility index (Phi) is 4.34. The van der Waals surface area contributed by atoms with E-state index in [2.05, 4.69) is 0 Å². The number of nitrogens with zero attached hydrogens (tertiary/aromatic N) is 1. The van der Waals surface area contributed by atoms with Crippen LogP contribution >= 0.6 is 0 Å². The average molecular weight is 225 g/mol. The third kappa shape index (κ3) is 3.56. The fourth-order valence-electron chi connectivity index (χ4n) is 1.55. The Morgan fingerprint density at radius 1 is 1.06 bits per heavy atom. The van der Waals surface area contributed by atoms with Gasteiger partial charge in [-0.05, 0) is 6.92 Å². The minimum atomic E-state index is -0.204. The highest BCUT2D eigenvalue weighted by atomic mass is 16.2. The normalized spacial score (nSPS) is 15.7. The van der Waals surface area contributed by atoms with Crippen molar-refractivity contribution < 1.29 is 19.2 Å². The molecule has 1 aliphatic rings. The van der Waals surface area contributed by atoms with Crippen molar-refractivity contribution in [2.75, 3.05) is 6.54 Å². The molecule has 1 fully saturated rings. The molecule has 2 amide bonds. The zero-order valence-electron chi connectivity index (χ0n) is 9.32. The molecule has 0 aromatic heterocycles. The van der Waals surface area contributed by atoms with Crippen molar-refractivity contribution >= 4 is 23.4 Å². The maximum atomic E-state index is 11.3. The molecule has 1 heterocycles. The van der Waals surface area contributed by atoms with Gasteiger partial charge in [0, 0.05) is 38.6 Å². The molecule has 0 atom stereocenters. The first kappa shape index (κ1) is 12.5. The van der Waals surface area contributed by atoms with E-state index in [1.54, 1.807) is 0 Å². The summed E-state index contributed by atoms with van der Waals surface area (Å²) in [6, 6.07) is 0. The standard InChI is InChI=1S/C11H15NO4/c1-8(13)2-3-9(14)6-7-12-10(15)4-5-11(12)16/h2-7H2,1H3.